The van der Waals surface area contributed by atoms with Gasteiger partial charge in [-0.15, -0.1) is 0 Å². The van der Waals surface area contributed by atoms with Crippen LogP contribution in [0.1, 0.15) is 37.3 Å². The molecule has 0 radical (unpaired) electrons. The molecule has 0 aromatic heterocycles. The van der Waals surface area contributed by atoms with Gasteiger partial charge in [0.1, 0.15) is 0 Å². The van der Waals surface area contributed by atoms with Gasteiger partial charge in [0.05, 0.1) is 14.2 Å². The molecule has 2 N–H and O–H groups in total. The molecule has 3 nitrogen and oxygen atoms in total. The van der Waals surface area contributed by atoms with Crippen molar-refractivity contribution in [2.24, 2.45) is 11.7 Å². The molecule has 1 aromatic carbocycles. The minimum atomic E-state index is 0.467. The highest BCUT2D eigenvalue weighted by Gasteiger charge is 2.19. The number of ether oxygens (including phenoxy) is 2. The van der Waals surface area contributed by atoms with Crippen LogP contribution in [-0.4, -0.2) is 20.8 Å². The molecule has 0 heterocycles. The molecule has 102 valence electrons. The summed E-state index contributed by atoms with van der Waals surface area (Å²) in [5, 5.41) is 0. The number of nitrogens with two attached hydrogens (primary N) is 1. The standard InChI is InChI=1S/C15H25NO2/c1-10(2)12(6-7-16)13-9-15(18-5)14(17-4)8-11(13)3/h8-10,12H,6-7,16H2,1-5H3. The molecular weight excluding hydrogens is 226 g/mol. The predicted molar refractivity (Wildman–Crippen MR) is 75.5 cm³/mol. The van der Waals surface area contributed by atoms with E-state index in [-0.39, 0.29) is 0 Å². The third kappa shape index (κ3) is 3.16. The van der Waals surface area contributed by atoms with E-state index in [0.29, 0.717) is 18.4 Å². The number of hydrogen-bond donors (Lipinski definition) is 1. The van der Waals surface area contributed by atoms with Crippen LogP contribution in [0.3, 0.4) is 0 Å². The minimum absolute atomic E-state index is 0.467. The predicted octanol–water partition coefficient (Wildman–Crippen LogP) is 3.10. The van der Waals surface area contributed by atoms with Crippen molar-refractivity contribution in [1.29, 1.82) is 0 Å². The lowest BCUT2D eigenvalue weighted by atomic mass is 9.83. The maximum absolute atomic E-state index is 5.73. The SMILES string of the molecule is COc1cc(C)c(C(CCN)C(C)C)cc1OC. The molecule has 0 saturated heterocycles. The van der Waals surface area contributed by atoms with Crippen molar-refractivity contribution in [3.63, 3.8) is 0 Å². The zero-order valence-electron chi connectivity index (χ0n) is 12.1. The average molecular weight is 251 g/mol. The number of aryl methyl sites for hydroxylation is 1. The van der Waals surface area contributed by atoms with Crippen LogP contribution in [0.2, 0.25) is 0 Å². The van der Waals surface area contributed by atoms with Crippen molar-refractivity contribution in [2.45, 2.75) is 33.1 Å². The van der Waals surface area contributed by atoms with Crippen molar-refractivity contribution < 1.29 is 9.47 Å². The highest BCUT2D eigenvalue weighted by molar-refractivity contribution is 5.48. The summed E-state index contributed by atoms with van der Waals surface area (Å²) < 4.78 is 10.7. The van der Waals surface area contributed by atoms with Gasteiger partial charge in [-0.05, 0) is 55.0 Å². The molecule has 0 aliphatic rings. The van der Waals surface area contributed by atoms with Crippen LogP contribution in [-0.2, 0) is 0 Å². The van der Waals surface area contributed by atoms with Crippen LogP contribution in [0.5, 0.6) is 11.5 Å². The summed E-state index contributed by atoms with van der Waals surface area (Å²) in [7, 11) is 3.33. The van der Waals surface area contributed by atoms with E-state index >= 15 is 0 Å². The Morgan fingerprint density at radius 2 is 1.67 bits per heavy atom. The zero-order chi connectivity index (χ0) is 13.7. The van der Waals surface area contributed by atoms with E-state index < -0.39 is 0 Å². The fourth-order valence-corrected chi connectivity index (χ4v) is 2.42. The maximum atomic E-state index is 5.73. The Morgan fingerprint density at radius 3 is 2.11 bits per heavy atom. The molecule has 3 heteroatoms. The molecule has 0 amide bonds. The van der Waals surface area contributed by atoms with Crippen molar-refractivity contribution >= 4 is 0 Å². The molecule has 0 aliphatic heterocycles. The molecule has 1 rings (SSSR count). The molecular formula is C15H25NO2. The summed E-state index contributed by atoms with van der Waals surface area (Å²) in [4.78, 5) is 0. The van der Waals surface area contributed by atoms with Crippen LogP contribution in [0.4, 0.5) is 0 Å². The van der Waals surface area contributed by atoms with Gasteiger partial charge in [0.2, 0.25) is 0 Å². The van der Waals surface area contributed by atoms with Crippen LogP contribution in [0.25, 0.3) is 0 Å². The topological polar surface area (TPSA) is 44.5 Å². The fraction of sp³-hybridized carbons (Fsp3) is 0.600. The molecule has 18 heavy (non-hydrogen) atoms. The molecule has 0 aliphatic carbocycles. The van der Waals surface area contributed by atoms with E-state index in [4.69, 9.17) is 15.2 Å². The highest BCUT2D eigenvalue weighted by atomic mass is 16.5. The van der Waals surface area contributed by atoms with Crippen molar-refractivity contribution in [2.75, 3.05) is 20.8 Å². The number of rotatable bonds is 6. The Morgan fingerprint density at radius 1 is 1.11 bits per heavy atom. The molecule has 1 unspecified atom stereocenters. The van der Waals surface area contributed by atoms with E-state index in [1.54, 1.807) is 14.2 Å². The first kappa shape index (κ1) is 14.8. The summed E-state index contributed by atoms with van der Waals surface area (Å²) in [5.74, 6) is 2.61. The Kier molecular flexibility index (Phi) is 5.48. The number of benzene rings is 1. The first-order chi connectivity index (χ1) is 8.54. The zero-order valence-corrected chi connectivity index (χ0v) is 12.1. The highest BCUT2D eigenvalue weighted by Crippen LogP contribution is 2.37. The lowest BCUT2D eigenvalue weighted by molar-refractivity contribution is 0.353. The summed E-state index contributed by atoms with van der Waals surface area (Å²) in [6.45, 7) is 7.28. The summed E-state index contributed by atoms with van der Waals surface area (Å²) >= 11 is 0. The Balaban J connectivity index is 3.21. The summed E-state index contributed by atoms with van der Waals surface area (Å²) in [5.41, 5.74) is 8.27. The van der Waals surface area contributed by atoms with Crippen LogP contribution < -0.4 is 15.2 Å². The smallest absolute Gasteiger partial charge is 0.161 e. The largest absolute Gasteiger partial charge is 0.493 e. The quantitative estimate of drug-likeness (QED) is 0.845. The average Bonchev–Trinajstić information content (AvgIpc) is 2.35. The van der Waals surface area contributed by atoms with Crippen molar-refractivity contribution in [1.82, 2.24) is 0 Å². The van der Waals surface area contributed by atoms with E-state index in [0.717, 1.165) is 17.9 Å². The van der Waals surface area contributed by atoms with E-state index in [1.165, 1.54) is 11.1 Å². The molecule has 0 bridgehead atoms. The second-order valence-electron chi connectivity index (χ2n) is 4.99. The summed E-state index contributed by atoms with van der Waals surface area (Å²) in [6.07, 6.45) is 0.994. The molecule has 1 atom stereocenters. The van der Waals surface area contributed by atoms with Gasteiger partial charge in [-0.2, -0.15) is 0 Å². The summed E-state index contributed by atoms with van der Waals surface area (Å²) in [6, 6.07) is 4.13. The first-order valence-electron chi connectivity index (χ1n) is 6.47. The Labute approximate surface area is 110 Å². The number of hydrogen-bond acceptors (Lipinski definition) is 3. The first-order valence-corrected chi connectivity index (χ1v) is 6.47. The van der Waals surface area contributed by atoms with Gasteiger partial charge in [-0.25, -0.2) is 0 Å². The van der Waals surface area contributed by atoms with Gasteiger partial charge in [0.25, 0.3) is 0 Å². The Bertz CT molecular complexity index is 388. The minimum Gasteiger partial charge on any atom is -0.493 e. The van der Waals surface area contributed by atoms with Gasteiger partial charge in [-0.3, -0.25) is 0 Å². The lowest BCUT2D eigenvalue weighted by Crippen LogP contribution is -2.14. The van der Waals surface area contributed by atoms with E-state index in [9.17, 15) is 0 Å². The lowest BCUT2D eigenvalue weighted by Gasteiger charge is -2.24. The second kappa shape index (κ2) is 6.64. The Hall–Kier alpha value is -1.22. The van der Waals surface area contributed by atoms with Gasteiger partial charge in [0, 0.05) is 0 Å². The molecule has 0 saturated carbocycles. The second-order valence-corrected chi connectivity index (χ2v) is 4.99. The monoisotopic (exact) mass is 251 g/mol. The van der Waals surface area contributed by atoms with Gasteiger partial charge in [-0.1, -0.05) is 13.8 Å². The van der Waals surface area contributed by atoms with Gasteiger partial charge < -0.3 is 15.2 Å². The molecule has 0 fully saturated rings. The third-order valence-electron chi connectivity index (χ3n) is 3.45. The van der Waals surface area contributed by atoms with Crippen LogP contribution in [0, 0.1) is 12.8 Å². The van der Waals surface area contributed by atoms with Crippen molar-refractivity contribution in [3.05, 3.63) is 23.3 Å². The van der Waals surface area contributed by atoms with Gasteiger partial charge >= 0.3 is 0 Å². The fourth-order valence-electron chi connectivity index (χ4n) is 2.42. The van der Waals surface area contributed by atoms with Gasteiger partial charge in [0.15, 0.2) is 11.5 Å². The van der Waals surface area contributed by atoms with Crippen LogP contribution >= 0.6 is 0 Å². The van der Waals surface area contributed by atoms with E-state index in [2.05, 4.69) is 26.8 Å². The maximum Gasteiger partial charge on any atom is 0.161 e. The number of methoxy groups -OCH3 is 2. The molecule has 0 spiro atoms. The van der Waals surface area contributed by atoms with Crippen molar-refractivity contribution in [3.8, 4) is 11.5 Å². The van der Waals surface area contributed by atoms with Crippen LogP contribution in [0.15, 0.2) is 12.1 Å². The van der Waals surface area contributed by atoms with E-state index in [1.807, 2.05) is 6.07 Å². The molecule has 1 aromatic rings. The normalized spacial score (nSPS) is 12.6. The third-order valence-corrected chi connectivity index (χ3v) is 3.45.